The van der Waals surface area contributed by atoms with Crippen molar-refractivity contribution in [2.75, 3.05) is 7.11 Å². The number of methoxy groups -OCH3 is 1. The van der Waals surface area contributed by atoms with Crippen molar-refractivity contribution in [2.24, 2.45) is 0 Å². The van der Waals surface area contributed by atoms with Crippen LogP contribution in [0.4, 0.5) is 0 Å². The molecule has 3 heteroatoms. The Bertz CT molecular complexity index is 620. The van der Waals surface area contributed by atoms with E-state index in [1.807, 2.05) is 49.4 Å². The lowest BCUT2D eigenvalue weighted by Gasteiger charge is -2.07. The summed E-state index contributed by atoms with van der Waals surface area (Å²) in [6.07, 6.45) is 0.924. The van der Waals surface area contributed by atoms with Gasteiger partial charge in [-0.25, -0.2) is 0 Å². The zero-order chi connectivity index (χ0) is 14.5. The molecule has 2 aromatic rings. The Balaban J connectivity index is 2.05. The normalized spacial score (nSPS) is 10.3. The summed E-state index contributed by atoms with van der Waals surface area (Å²) in [4.78, 5) is 12.2. The molecule has 104 valence electrons. The van der Waals surface area contributed by atoms with Gasteiger partial charge in [-0.3, -0.25) is 4.79 Å². The molecule has 0 aliphatic carbocycles. The van der Waals surface area contributed by atoms with E-state index < -0.39 is 0 Å². The van der Waals surface area contributed by atoms with Gasteiger partial charge in [0.25, 0.3) is 0 Å². The van der Waals surface area contributed by atoms with Crippen molar-refractivity contribution in [1.29, 1.82) is 0 Å². The summed E-state index contributed by atoms with van der Waals surface area (Å²) < 4.78 is 6.06. The molecule has 2 rings (SSSR count). The van der Waals surface area contributed by atoms with Crippen molar-refractivity contribution in [3.63, 3.8) is 0 Å². The largest absolute Gasteiger partial charge is 0.496 e. The van der Waals surface area contributed by atoms with Gasteiger partial charge in [-0.15, -0.1) is 0 Å². The molecule has 0 aliphatic rings. The summed E-state index contributed by atoms with van der Waals surface area (Å²) in [5.74, 6) is 0.997. The van der Waals surface area contributed by atoms with Gasteiger partial charge in [-0.2, -0.15) is 0 Å². The summed E-state index contributed by atoms with van der Waals surface area (Å²) in [6, 6.07) is 13.8. The molecule has 0 N–H and O–H groups in total. The molecule has 20 heavy (non-hydrogen) atoms. The van der Waals surface area contributed by atoms with Gasteiger partial charge in [-0.05, 0) is 51.7 Å². The molecule has 0 amide bonds. The van der Waals surface area contributed by atoms with Gasteiger partial charge in [-0.1, -0.05) is 30.3 Å². The van der Waals surface area contributed by atoms with Gasteiger partial charge in [0.2, 0.25) is 0 Å². The number of ether oxygens (including phenoxy) is 1. The van der Waals surface area contributed by atoms with Crippen molar-refractivity contribution in [2.45, 2.75) is 19.8 Å². The fraction of sp³-hybridized carbons (Fsp3) is 0.235. The van der Waals surface area contributed by atoms with Crippen LogP contribution in [0, 0.1) is 6.92 Å². The molecular formula is C17H17BrO2. The van der Waals surface area contributed by atoms with Gasteiger partial charge in [0.1, 0.15) is 11.5 Å². The van der Waals surface area contributed by atoms with E-state index in [4.69, 9.17) is 4.74 Å². The maximum absolute atomic E-state index is 12.2. The Morgan fingerprint density at radius 1 is 1.15 bits per heavy atom. The van der Waals surface area contributed by atoms with Crippen molar-refractivity contribution < 1.29 is 9.53 Å². The first kappa shape index (κ1) is 14.8. The van der Waals surface area contributed by atoms with Crippen molar-refractivity contribution >= 4 is 21.7 Å². The Morgan fingerprint density at radius 3 is 2.55 bits per heavy atom. The minimum Gasteiger partial charge on any atom is -0.496 e. The number of ketones is 1. The number of aryl methyl sites for hydroxylation is 1. The summed E-state index contributed by atoms with van der Waals surface area (Å²) in [7, 11) is 1.63. The quantitative estimate of drug-likeness (QED) is 0.823. The van der Waals surface area contributed by atoms with E-state index in [0.717, 1.165) is 26.9 Å². The number of benzene rings is 2. The van der Waals surface area contributed by atoms with Crippen LogP contribution in [0.5, 0.6) is 5.75 Å². The van der Waals surface area contributed by atoms with Gasteiger partial charge < -0.3 is 4.74 Å². The third-order valence-corrected chi connectivity index (χ3v) is 3.89. The van der Waals surface area contributed by atoms with Crippen LogP contribution >= 0.6 is 15.9 Å². The molecule has 0 fully saturated rings. The van der Waals surface area contributed by atoms with Gasteiger partial charge in [0.15, 0.2) is 0 Å². The summed E-state index contributed by atoms with van der Waals surface area (Å²) in [5, 5.41) is 0. The van der Waals surface area contributed by atoms with Crippen LogP contribution in [0.25, 0.3) is 0 Å². The zero-order valence-corrected chi connectivity index (χ0v) is 13.2. The van der Waals surface area contributed by atoms with E-state index in [-0.39, 0.29) is 5.78 Å². The third-order valence-electron chi connectivity index (χ3n) is 3.27. The van der Waals surface area contributed by atoms with Crippen molar-refractivity contribution in [3.05, 3.63) is 63.6 Å². The number of hydrogen-bond acceptors (Lipinski definition) is 2. The fourth-order valence-corrected chi connectivity index (χ4v) is 2.72. The Labute approximate surface area is 127 Å². The predicted octanol–water partition coefficient (Wildman–Crippen LogP) is 4.12. The predicted molar refractivity (Wildman–Crippen MR) is 84.3 cm³/mol. The molecule has 0 spiro atoms. The topological polar surface area (TPSA) is 26.3 Å². The standard InChI is InChI=1S/C17H17BrO2/c1-12-5-3-4-6-14(12)11-15(19)9-13-7-8-17(20-2)16(18)10-13/h3-8,10H,9,11H2,1-2H3. The number of hydrogen-bond donors (Lipinski definition) is 0. The Hall–Kier alpha value is -1.61. The van der Waals surface area contributed by atoms with E-state index in [9.17, 15) is 4.79 Å². The minimum absolute atomic E-state index is 0.219. The number of Topliss-reactive ketones (excluding diaryl/α,β-unsaturated/α-hetero) is 1. The lowest BCUT2D eigenvalue weighted by atomic mass is 9.99. The Kier molecular flexibility index (Phi) is 4.96. The van der Waals surface area contributed by atoms with Crippen LogP contribution in [0.3, 0.4) is 0 Å². The number of rotatable bonds is 5. The maximum atomic E-state index is 12.2. The van der Waals surface area contributed by atoms with Gasteiger partial charge >= 0.3 is 0 Å². The highest BCUT2D eigenvalue weighted by Crippen LogP contribution is 2.25. The molecule has 0 radical (unpaired) electrons. The second-order valence-corrected chi connectivity index (χ2v) is 5.64. The highest BCUT2D eigenvalue weighted by atomic mass is 79.9. The van der Waals surface area contributed by atoms with Gasteiger partial charge in [0.05, 0.1) is 11.6 Å². The van der Waals surface area contributed by atoms with E-state index >= 15 is 0 Å². The summed E-state index contributed by atoms with van der Waals surface area (Å²) in [6.45, 7) is 2.03. The van der Waals surface area contributed by atoms with E-state index in [2.05, 4.69) is 15.9 Å². The molecule has 0 atom stereocenters. The van der Waals surface area contributed by atoms with Gasteiger partial charge in [0, 0.05) is 12.8 Å². The monoisotopic (exact) mass is 332 g/mol. The number of carbonyl (C=O) groups excluding carboxylic acids is 1. The van der Waals surface area contributed by atoms with Crippen LogP contribution in [0.1, 0.15) is 16.7 Å². The van der Waals surface area contributed by atoms with Crippen molar-refractivity contribution in [1.82, 2.24) is 0 Å². The molecule has 0 aromatic heterocycles. The van der Waals surface area contributed by atoms with Crippen LogP contribution < -0.4 is 4.74 Å². The molecular weight excluding hydrogens is 316 g/mol. The zero-order valence-electron chi connectivity index (χ0n) is 11.7. The lowest BCUT2D eigenvalue weighted by molar-refractivity contribution is -0.117. The SMILES string of the molecule is COc1ccc(CC(=O)Cc2ccccc2C)cc1Br. The second-order valence-electron chi connectivity index (χ2n) is 4.79. The minimum atomic E-state index is 0.219. The maximum Gasteiger partial charge on any atom is 0.141 e. The van der Waals surface area contributed by atoms with Crippen LogP contribution in [0.15, 0.2) is 46.9 Å². The molecule has 0 saturated carbocycles. The Morgan fingerprint density at radius 2 is 1.90 bits per heavy atom. The number of carbonyl (C=O) groups is 1. The third kappa shape index (κ3) is 3.70. The molecule has 0 heterocycles. The van der Waals surface area contributed by atoms with E-state index in [1.165, 1.54) is 0 Å². The summed E-state index contributed by atoms with van der Waals surface area (Å²) >= 11 is 3.44. The molecule has 2 aromatic carbocycles. The molecule has 0 bridgehead atoms. The smallest absolute Gasteiger partial charge is 0.141 e. The second kappa shape index (κ2) is 6.71. The average Bonchev–Trinajstić information content (AvgIpc) is 2.41. The van der Waals surface area contributed by atoms with Crippen LogP contribution in [0.2, 0.25) is 0 Å². The highest BCUT2D eigenvalue weighted by molar-refractivity contribution is 9.10. The average molecular weight is 333 g/mol. The first-order chi connectivity index (χ1) is 9.60. The molecule has 0 saturated heterocycles. The molecule has 0 aliphatic heterocycles. The number of halogens is 1. The van der Waals surface area contributed by atoms with E-state index in [1.54, 1.807) is 7.11 Å². The molecule has 0 unspecified atom stereocenters. The van der Waals surface area contributed by atoms with E-state index in [0.29, 0.717) is 12.8 Å². The van der Waals surface area contributed by atoms with Crippen LogP contribution in [-0.2, 0) is 17.6 Å². The lowest BCUT2D eigenvalue weighted by Crippen LogP contribution is -2.07. The first-order valence-corrected chi connectivity index (χ1v) is 7.28. The summed E-state index contributed by atoms with van der Waals surface area (Å²) in [5.41, 5.74) is 3.26. The molecule has 2 nitrogen and oxygen atoms in total. The fourth-order valence-electron chi connectivity index (χ4n) is 2.13. The van der Waals surface area contributed by atoms with Crippen LogP contribution in [-0.4, -0.2) is 12.9 Å². The highest BCUT2D eigenvalue weighted by Gasteiger charge is 2.08. The van der Waals surface area contributed by atoms with Crippen molar-refractivity contribution in [3.8, 4) is 5.75 Å². The first-order valence-electron chi connectivity index (χ1n) is 6.49.